The molecule has 1 aliphatic heterocycles. The van der Waals surface area contributed by atoms with Crippen molar-refractivity contribution in [1.82, 2.24) is 25.2 Å². The number of H-pyrrole nitrogens is 1. The molecule has 0 aromatic carbocycles. The summed E-state index contributed by atoms with van der Waals surface area (Å²) in [6.45, 7) is 4.90. The maximum atomic E-state index is 12.1. The number of carbonyl (C=O) groups excluding carboxylic acids is 1. The van der Waals surface area contributed by atoms with Crippen LogP contribution in [-0.4, -0.2) is 65.0 Å². The third-order valence-electron chi connectivity index (χ3n) is 5.63. The number of hydrogen-bond donors (Lipinski definition) is 2. The molecule has 0 atom stereocenters. The fourth-order valence-electron chi connectivity index (χ4n) is 3.85. The highest BCUT2D eigenvalue weighted by Crippen LogP contribution is 2.32. The van der Waals surface area contributed by atoms with E-state index in [1.807, 2.05) is 24.7 Å². The maximum Gasteiger partial charge on any atom is 0.234 e. The molecule has 3 aromatic rings. The minimum atomic E-state index is 0.154. The number of rotatable bonds is 5. The van der Waals surface area contributed by atoms with Crippen LogP contribution in [0.2, 0.25) is 0 Å². The smallest absolute Gasteiger partial charge is 0.234 e. The molecule has 1 saturated heterocycles. The van der Waals surface area contributed by atoms with Crippen LogP contribution in [0.1, 0.15) is 12.8 Å². The van der Waals surface area contributed by atoms with Crippen LogP contribution in [-0.2, 0) is 4.79 Å². The van der Waals surface area contributed by atoms with E-state index in [0.29, 0.717) is 6.54 Å². The van der Waals surface area contributed by atoms with Gasteiger partial charge in [0, 0.05) is 44.3 Å². The Bertz CT molecular complexity index is 971. The van der Waals surface area contributed by atoms with Gasteiger partial charge in [-0.1, -0.05) is 6.07 Å². The molecular formula is C20H24N6O. The van der Waals surface area contributed by atoms with Crippen molar-refractivity contribution < 1.29 is 4.79 Å². The Hall–Kier alpha value is -2.67. The van der Waals surface area contributed by atoms with Gasteiger partial charge in [-0.15, -0.1) is 0 Å². The van der Waals surface area contributed by atoms with Crippen molar-refractivity contribution in [3.8, 4) is 0 Å². The van der Waals surface area contributed by atoms with Gasteiger partial charge in [0.15, 0.2) is 5.65 Å². The summed E-state index contributed by atoms with van der Waals surface area (Å²) < 4.78 is 0. The number of nitrogens with one attached hydrogen (secondary N) is 2. The fourth-order valence-corrected chi connectivity index (χ4v) is 3.85. The van der Waals surface area contributed by atoms with E-state index in [1.165, 1.54) is 12.8 Å². The second kappa shape index (κ2) is 6.81. The predicted octanol–water partition coefficient (Wildman–Crippen LogP) is 1.76. The van der Waals surface area contributed by atoms with Gasteiger partial charge in [-0.25, -0.2) is 9.97 Å². The number of aromatic nitrogens is 3. The second-order valence-electron chi connectivity index (χ2n) is 7.61. The zero-order valence-electron chi connectivity index (χ0n) is 15.3. The van der Waals surface area contributed by atoms with Crippen molar-refractivity contribution in [3.05, 3.63) is 30.7 Å². The minimum absolute atomic E-state index is 0.154. The molecule has 7 heteroatoms. The maximum absolute atomic E-state index is 12.1. The second-order valence-corrected chi connectivity index (χ2v) is 7.61. The van der Waals surface area contributed by atoms with Gasteiger partial charge in [0.2, 0.25) is 5.91 Å². The summed E-state index contributed by atoms with van der Waals surface area (Å²) in [5.74, 6) is 0.881. The number of piperazine rings is 1. The SMILES string of the molecule is O=C(CN1CCN(c2cnc3ncc4[nH]cccc4c23)CC1)NCC1CC1. The third-order valence-corrected chi connectivity index (χ3v) is 5.63. The Kier molecular flexibility index (Phi) is 4.16. The zero-order chi connectivity index (χ0) is 18.2. The van der Waals surface area contributed by atoms with Gasteiger partial charge in [0.1, 0.15) is 0 Å². The van der Waals surface area contributed by atoms with Crippen molar-refractivity contribution in [2.24, 2.45) is 5.92 Å². The summed E-state index contributed by atoms with van der Waals surface area (Å²) in [7, 11) is 0. The van der Waals surface area contributed by atoms with E-state index in [-0.39, 0.29) is 5.91 Å². The molecule has 0 radical (unpaired) electrons. The molecule has 4 heterocycles. The first-order chi connectivity index (χ1) is 13.3. The van der Waals surface area contributed by atoms with Gasteiger partial charge in [-0.2, -0.15) is 0 Å². The predicted molar refractivity (Wildman–Crippen MR) is 106 cm³/mol. The first-order valence-corrected chi connectivity index (χ1v) is 9.73. The van der Waals surface area contributed by atoms with Crippen molar-refractivity contribution in [2.45, 2.75) is 12.8 Å². The highest BCUT2D eigenvalue weighted by Gasteiger charge is 2.24. The van der Waals surface area contributed by atoms with E-state index in [4.69, 9.17) is 0 Å². The monoisotopic (exact) mass is 364 g/mol. The molecule has 7 nitrogen and oxygen atoms in total. The molecule has 0 spiro atoms. The summed E-state index contributed by atoms with van der Waals surface area (Å²) in [5.41, 5.74) is 2.95. The molecule has 3 aromatic heterocycles. The highest BCUT2D eigenvalue weighted by atomic mass is 16.2. The summed E-state index contributed by atoms with van der Waals surface area (Å²) in [5, 5.41) is 5.32. The standard InChI is InChI=1S/C20H24N6O/c27-18(22-10-14-3-4-14)13-25-6-8-26(9-7-25)17-12-24-20-19(17)15-2-1-5-21-16(15)11-23-20/h1-2,5,11-12,14,21H,3-4,6-10,13H2,(H,22,27). The van der Waals surface area contributed by atoms with Crippen LogP contribution < -0.4 is 10.2 Å². The van der Waals surface area contributed by atoms with Gasteiger partial charge >= 0.3 is 0 Å². The average molecular weight is 364 g/mol. The molecule has 2 N–H and O–H groups in total. The largest absolute Gasteiger partial charge is 0.367 e. The molecule has 140 valence electrons. The Morgan fingerprint density at radius 2 is 2.00 bits per heavy atom. The van der Waals surface area contributed by atoms with Crippen molar-refractivity contribution >= 4 is 33.5 Å². The summed E-state index contributed by atoms with van der Waals surface area (Å²) in [6, 6.07) is 4.12. The molecular weight excluding hydrogens is 340 g/mol. The van der Waals surface area contributed by atoms with E-state index in [1.54, 1.807) is 0 Å². The van der Waals surface area contributed by atoms with Crippen LogP contribution in [0.25, 0.3) is 21.9 Å². The lowest BCUT2D eigenvalue weighted by Crippen LogP contribution is -2.49. The van der Waals surface area contributed by atoms with Crippen LogP contribution in [0.4, 0.5) is 5.69 Å². The van der Waals surface area contributed by atoms with Crippen molar-refractivity contribution in [2.75, 3.05) is 44.2 Å². The molecule has 27 heavy (non-hydrogen) atoms. The lowest BCUT2D eigenvalue weighted by Gasteiger charge is -2.35. The number of pyridine rings is 2. The molecule has 5 rings (SSSR count). The number of aromatic amines is 1. The number of anilines is 1. The molecule has 1 aliphatic carbocycles. The molecule has 1 amide bonds. The Morgan fingerprint density at radius 1 is 1.19 bits per heavy atom. The summed E-state index contributed by atoms with van der Waals surface area (Å²) >= 11 is 0. The van der Waals surface area contributed by atoms with E-state index in [2.05, 4.69) is 36.1 Å². The fraction of sp³-hybridized carbons (Fsp3) is 0.450. The molecule has 2 aliphatic rings. The van der Waals surface area contributed by atoms with Crippen molar-refractivity contribution in [3.63, 3.8) is 0 Å². The quantitative estimate of drug-likeness (QED) is 0.721. The number of hydrogen-bond acceptors (Lipinski definition) is 5. The van der Waals surface area contributed by atoms with Gasteiger partial charge in [0.25, 0.3) is 0 Å². The van der Waals surface area contributed by atoms with E-state index >= 15 is 0 Å². The van der Waals surface area contributed by atoms with Gasteiger partial charge in [-0.05, 0) is 24.8 Å². The summed E-state index contributed by atoms with van der Waals surface area (Å²) in [6.07, 6.45) is 8.22. The zero-order valence-corrected chi connectivity index (χ0v) is 15.3. The number of carbonyl (C=O) groups is 1. The van der Waals surface area contributed by atoms with E-state index < -0.39 is 0 Å². The Balaban J connectivity index is 1.28. The number of amides is 1. The molecule has 0 unspecified atom stereocenters. The Morgan fingerprint density at radius 3 is 2.81 bits per heavy atom. The van der Waals surface area contributed by atoms with Crippen LogP contribution >= 0.6 is 0 Å². The number of nitrogens with zero attached hydrogens (tertiary/aromatic N) is 4. The lowest BCUT2D eigenvalue weighted by molar-refractivity contribution is -0.122. The van der Waals surface area contributed by atoms with Crippen LogP contribution in [0, 0.1) is 5.92 Å². The summed E-state index contributed by atoms with van der Waals surface area (Å²) in [4.78, 5) is 28.9. The highest BCUT2D eigenvalue weighted by molar-refractivity contribution is 6.10. The third kappa shape index (κ3) is 3.35. The van der Waals surface area contributed by atoms with Crippen LogP contribution in [0.5, 0.6) is 0 Å². The number of fused-ring (bicyclic) bond motifs is 3. The average Bonchev–Trinajstić information content (AvgIpc) is 3.43. The first-order valence-electron chi connectivity index (χ1n) is 9.73. The molecule has 2 fully saturated rings. The van der Waals surface area contributed by atoms with E-state index in [9.17, 15) is 4.79 Å². The molecule has 0 bridgehead atoms. The van der Waals surface area contributed by atoms with Crippen LogP contribution in [0.3, 0.4) is 0 Å². The van der Waals surface area contributed by atoms with Gasteiger partial charge in [-0.3, -0.25) is 9.69 Å². The van der Waals surface area contributed by atoms with Crippen LogP contribution in [0.15, 0.2) is 30.7 Å². The lowest BCUT2D eigenvalue weighted by atomic mass is 10.1. The first kappa shape index (κ1) is 16.5. The van der Waals surface area contributed by atoms with Gasteiger partial charge in [0.05, 0.1) is 35.5 Å². The van der Waals surface area contributed by atoms with E-state index in [0.717, 1.165) is 66.3 Å². The van der Waals surface area contributed by atoms with Crippen molar-refractivity contribution in [1.29, 1.82) is 0 Å². The van der Waals surface area contributed by atoms with Gasteiger partial charge < -0.3 is 15.2 Å². The minimum Gasteiger partial charge on any atom is -0.367 e. The molecule has 1 saturated carbocycles. The topological polar surface area (TPSA) is 77.2 Å². The normalized spacial score (nSPS) is 18.3. The Labute approximate surface area is 157 Å².